The molecule has 0 spiro atoms. The minimum absolute atomic E-state index is 0.246. The second-order valence-electron chi connectivity index (χ2n) is 4.64. The first-order chi connectivity index (χ1) is 10.1. The fourth-order valence-electron chi connectivity index (χ4n) is 2.29. The Morgan fingerprint density at radius 3 is 2.43 bits per heavy atom. The summed E-state index contributed by atoms with van der Waals surface area (Å²) < 4.78 is 5.35. The van der Waals surface area contributed by atoms with Crippen molar-refractivity contribution in [2.24, 2.45) is 0 Å². The van der Waals surface area contributed by atoms with Gasteiger partial charge < -0.3 is 4.74 Å². The summed E-state index contributed by atoms with van der Waals surface area (Å²) in [6, 6.07) is 11.6. The van der Waals surface area contributed by atoms with Crippen LogP contribution in [0.15, 0.2) is 41.3 Å². The first kappa shape index (κ1) is 13.7. The molecule has 5 heteroatoms. The van der Waals surface area contributed by atoms with E-state index in [1.54, 1.807) is 13.2 Å². The number of benzene rings is 2. The second kappa shape index (κ2) is 5.26. The van der Waals surface area contributed by atoms with Gasteiger partial charge in [-0.05, 0) is 34.9 Å². The number of rotatable bonds is 2. The molecule has 0 aliphatic carbocycles. The highest BCUT2D eigenvalue weighted by Crippen LogP contribution is 2.34. The van der Waals surface area contributed by atoms with Crippen LogP contribution in [0.3, 0.4) is 0 Å². The van der Waals surface area contributed by atoms with Gasteiger partial charge in [0, 0.05) is 12.4 Å². The smallest absolute Gasteiger partial charge is 0.293 e. The standard InChI is InChI=1S/C16H13NO3S/c1-17-15(18)14(21-16(17)19)9-10-7-8-13(20-2)12-6-4-3-5-11(10)12/h3-9H,1-2H3. The van der Waals surface area contributed by atoms with Gasteiger partial charge in [0.25, 0.3) is 11.1 Å². The number of carbonyl (C=O) groups excluding carboxylic acids is 2. The molecule has 0 atom stereocenters. The highest BCUT2D eigenvalue weighted by atomic mass is 32.2. The number of likely N-dealkylation sites (N-methyl/N-ethyl adjacent to an activating group) is 1. The third-order valence-corrected chi connectivity index (χ3v) is 4.37. The number of nitrogens with zero attached hydrogens (tertiary/aromatic N) is 1. The predicted octanol–water partition coefficient (Wildman–Crippen LogP) is 3.51. The van der Waals surface area contributed by atoms with Crippen molar-refractivity contribution in [1.82, 2.24) is 4.90 Å². The molecule has 1 heterocycles. The van der Waals surface area contributed by atoms with Crippen LogP contribution < -0.4 is 4.74 Å². The molecule has 0 N–H and O–H groups in total. The van der Waals surface area contributed by atoms with E-state index in [2.05, 4.69) is 0 Å². The summed E-state index contributed by atoms with van der Waals surface area (Å²) in [6.45, 7) is 0. The molecule has 1 fully saturated rings. The number of hydrogen-bond donors (Lipinski definition) is 0. The Morgan fingerprint density at radius 2 is 1.81 bits per heavy atom. The molecule has 0 saturated carbocycles. The highest BCUT2D eigenvalue weighted by molar-refractivity contribution is 8.18. The number of methoxy groups -OCH3 is 1. The van der Waals surface area contributed by atoms with Crippen LogP contribution in [0.2, 0.25) is 0 Å². The molecule has 1 aliphatic heterocycles. The first-order valence-corrected chi connectivity index (χ1v) is 7.21. The molecule has 2 aromatic rings. The molecule has 1 aliphatic rings. The van der Waals surface area contributed by atoms with Gasteiger partial charge in [-0.15, -0.1) is 0 Å². The third-order valence-electron chi connectivity index (χ3n) is 3.41. The Balaban J connectivity index is 2.14. The second-order valence-corrected chi connectivity index (χ2v) is 5.64. The van der Waals surface area contributed by atoms with Gasteiger partial charge >= 0.3 is 0 Å². The van der Waals surface area contributed by atoms with Gasteiger partial charge in [0.1, 0.15) is 5.75 Å². The van der Waals surface area contributed by atoms with Crippen molar-refractivity contribution in [1.29, 1.82) is 0 Å². The van der Waals surface area contributed by atoms with Crippen LogP contribution in [0, 0.1) is 0 Å². The Hall–Kier alpha value is -2.27. The zero-order valence-corrected chi connectivity index (χ0v) is 12.4. The van der Waals surface area contributed by atoms with Gasteiger partial charge in [-0.2, -0.15) is 0 Å². The van der Waals surface area contributed by atoms with E-state index in [0.717, 1.165) is 38.7 Å². The SMILES string of the molecule is COc1ccc(C=C2SC(=O)N(C)C2=O)c2ccccc12. The van der Waals surface area contributed by atoms with Crippen LogP contribution in [0.4, 0.5) is 4.79 Å². The number of imide groups is 1. The van der Waals surface area contributed by atoms with Crippen molar-refractivity contribution in [2.45, 2.75) is 0 Å². The molecule has 106 valence electrons. The maximum Gasteiger partial charge on any atom is 0.293 e. The Kier molecular flexibility index (Phi) is 3.43. The van der Waals surface area contributed by atoms with Crippen LogP contribution in [0.5, 0.6) is 5.75 Å². The third kappa shape index (κ3) is 2.29. The van der Waals surface area contributed by atoms with Gasteiger partial charge in [0.05, 0.1) is 12.0 Å². The molecule has 1 saturated heterocycles. The summed E-state index contributed by atoms with van der Waals surface area (Å²) in [7, 11) is 3.12. The summed E-state index contributed by atoms with van der Waals surface area (Å²) >= 11 is 0.962. The molecule has 0 bridgehead atoms. The van der Waals surface area contributed by atoms with Crippen molar-refractivity contribution in [3.05, 3.63) is 46.9 Å². The normalized spacial score (nSPS) is 17.0. The van der Waals surface area contributed by atoms with E-state index in [-0.39, 0.29) is 11.1 Å². The Labute approximate surface area is 126 Å². The van der Waals surface area contributed by atoms with Crippen LogP contribution in [0.25, 0.3) is 16.8 Å². The minimum Gasteiger partial charge on any atom is -0.496 e. The fraction of sp³-hybridized carbons (Fsp3) is 0.125. The number of fused-ring (bicyclic) bond motifs is 1. The van der Waals surface area contributed by atoms with E-state index >= 15 is 0 Å². The van der Waals surface area contributed by atoms with Crippen molar-refractivity contribution >= 4 is 39.8 Å². The maximum absolute atomic E-state index is 12.0. The van der Waals surface area contributed by atoms with Crippen LogP contribution in [-0.4, -0.2) is 30.2 Å². The maximum atomic E-state index is 12.0. The summed E-state index contributed by atoms with van der Waals surface area (Å²) in [5.41, 5.74) is 0.894. The monoisotopic (exact) mass is 299 g/mol. The lowest BCUT2D eigenvalue weighted by Gasteiger charge is -2.08. The van der Waals surface area contributed by atoms with Crippen LogP contribution >= 0.6 is 11.8 Å². The van der Waals surface area contributed by atoms with Crippen molar-refractivity contribution in [3.8, 4) is 5.75 Å². The number of amides is 2. The average Bonchev–Trinajstić information content (AvgIpc) is 2.75. The summed E-state index contributed by atoms with van der Waals surface area (Å²) in [5, 5.41) is 1.72. The zero-order valence-electron chi connectivity index (χ0n) is 11.6. The van der Waals surface area contributed by atoms with Crippen LogP contribution in [-0.2, 0) is 4.79 Å². The Bertz CT molecular complexity index is 782. The molecule has 0 radical (unpaired) electrons. The summed E-state index contributed by atoms with van der Waals surface area (Å²) in [4.78, 5) is 25.1. The molecule has 2 amide bonds. The van der Waals surface area contributed by atoms with E-state index in [1.165, 1.54) is 7.05 Å². The molecule has 0 unspecified atom stereocenters. The van der Waals surface area contributed by atoms with E-state index in [9.17, 15) is 9.59 Å². The zero-order chi connectivity index (χ0) is 15.0. The molecule has 2 aromatic carbocycles. The summed E-state index contributed by atoms with van der Waals surface area (Å²) in [6.07, 6.45) is 1.76. The molecule has 4 nitrogen and oxygen atoms in total. The van der Waals surface area contributed by atoms with Gasteiger partial charge in [0.15, 0.2) is 0 Å². The van der Waals surface area contributed by atoms with E-state index in [4.69, 9.17) is 4.74 Å². The lowest BCUT2D eigenvalue weighted by molar-refractivity contribution is -0.121. The number of hydrogen-bond acceptors (Lipinski definition) is 4. The molecule has 0 aromatic heterocycles. The Morgan fingerprint density at radius 1 is 1.10 bits per heavy atom. The van der Waals surface area contributed by atoms with Crippen molar-refractivity contribution < 1.29 is 14.3 Å². The van der Waals surface area contributed by atoms with E-state index in [1.807, 2.05) is 36.4 Å². The topological polar surface area (TPSA) is 46.6 Å². The molecular weight excluding hydrogens is 286 g/mol. The lowest BCUT2D eigenvalue weighted by atomic mass is 10.0. The largest absolute Gasteiger partial charge is 0.496 e. The fourth-order valence-corrected chi connectivity index (χ4v) is 3.10. The van der Waals surface area contributed by atoms with Gasteiger partial charge in [-0.25, -0.2) is 0 Å². The van der Waals surface area contributed by atoms with Crippen molar-refractivity contribution in [3.63, 3.8) is 0 Å². The highest BCUT2D eigenvalue weighted by Gasteiger charge is 2.31. The van der Waals surface area contributed by atoms with Gasteiger partial charge in [-0.1, -0.05) is 30.3 Å². The number of ether oxygens (including phenoxy) is 1. The molecule has 3 rings (SSSR count). The van der Waals surface area contributed by atoms with Gasteiger partial charge in [-0.3, -0.25) is 14.5 Å². The minimum atomic E-state index is -0.259. The van der Waals surface area contributed by atoms with E-state index < -0.39 is 0 Å². The quantitative estimate of drug-likeness (QED) is 0.796. The summed E-state index contributed by atoms with van der Waals surface area (Å²) in [5.74, 6) is 0.524. The lowest BCUT2D eigenvalue weighted by Crippen LogP contribution is -2.22. The average molecular weight is 299 g/mol. The van der Waals surface area contributed by atoms with Crippen molar-refractivity contribution in [2.75, 3.05) is 14.2 Å². The number of thioether (sulfide) groups is 1. The van der Waals surface area contributed by atoms with E-state index in [0.29, 0.717) is 4.91 Å². The predicted molar refractivity (Wildman–Crippen MR) is 84.2 cm³/mol. The first-order valence-electron chi connectivity index (χ1n) is 6.39. The van der Waals surface area contributed by atoms with Gasteiger partial charge in [0.2, 0.25) is 0 Å². The molecule has 21 heavy (non-hydrogen) atoms. The number of carbonyl (C=O) groups is 2. The molecular formula is C16H13NO3S. The van der Waals surface area contributed by atoms with Crippen LogP contribution in [0.1, 0.15) is 5.56 Å².